The van der Waals surface area contributed by atoms with Crippen LogP contribution in [0.5, 0.6) is 0 Å². The molecule has 0 saturated carbocycles. The Balaban J connectivity index is 2.31. The van der Waals surface area contributed by atoms with E-state index in [-0.39, 0.29) is 22.0 Å². The van der Waals surface area contributed by atoms with Crippen LogP contribution in [0.25, 0.3) is 0 Å². The highest BCUT2D eigenvalue weighted by Crippen LogP contribution is 2.20. The van der Waals surface area contributed by atoms with Crippen molar-refractivity contribution in [3.05, 3.63) is 46.4 Å². The first-order valence-electron chi connectivity index (χ1n) is 4.82. The molecule has 1 aromatic heterocycles. The number of aromatic amines is 1. The standard InChI is InChI=1S/C11H6ClFN4O/c12-7-2-1-3-8(13)9(7)11(18)16-10-6(4-14)5-15-17-10/h1-3,5H,(H2,15,16,17,18). The Morgan fingerprint density at radius 1 is 1.56 bits per heavy atom. The molecule has 2 rings (SSSR count). The summed E-state index contributed by atoms with van der Waals surface area (Å²) >= 11 is 5.75. The molecule has 90 valence electrons. The van der Waals surface area contributed by atoms with Gasteiger partial charge in [0.2, 0.25) is 0 Å². The highest BCUT2D eigenvalue weighted by atomic mass is 35.5. The lowest BCUT2D eigenvalue weighted by atomic mass is 10.2. The van der Waals surface area contributed by atoms with Crippen LogP contribution >= 0.6 is 11.6 Å². The maximum Gasteiger partial charge on any atom is 0.261 e. The van der Waals surface area contributed by atoms with E-state index in [1.807, 2.05) is 6.07 Å². The second kappa shape index (κ2) is 4.85. The van der Waals surface area contributed by atoms with Crippen molar-refractivity contribution in [1.82, 2.24) is 10.2 Å². The van der Waals surface area contributed by atoms with Gasteiger partial charge in [-0.15, -0.1) is 0 Å². The predicted octanol–water partition coefficient (Wildman–Crippen LogP) is 2.33. The molecule has 2 N–H and O–H groups in total. The summed E-state index contributed by atoms with van der Waals surface area (Å²) in [6.07, 6.45) is 1.25. The number of rotatable bonds is 2. The van der Waals surface area contributed by atoms with Gasteiger partial charge < -0.3 is 5.32 Å². The summed E-state index contributed by atoms with van der Waals surface area (Å²) in [7, 11) is 0. The fraction of sp³-hybridized carbons (Fsp3) is 0. The van der Waals surface area contributed by atoms with Gasteiger partial charge in [-0.2, -0.15) is 10.4 Å². The maximum atomic E-state index is 13.5. The summed E-state index contributed by atoms with van der Waals surface area (Å²) in [4.78, 5) is 11.8. The lowest BCUT2D eigenvalue weighted by Gasteiger charge is -2.05. The molecule has 0 bridgehead atoms. The van der Waals surface area contributed by atoms with Crippen LogP contribution in [0.4, 0.5) is 10.2 Å². The smallest absolute Gasteiger partial charge is 0.261 e. The van der Waals surface area contributed by atoms with Crippen LogP contribution in [-0.2, 0) is 0 Å². The number of hydrogen-bond acceptors (Lipinski definition) is 3. The van der Waals surface area contributed by atoms with Gasteiger partial charge in [0, 0.05) is 0 Å². The van der Waals surface area contributed by atoms with Crippen molar-refractivity contribution >= 4 is 23.3 Å². The molecule has 7 heteroatoms. The number of carbonyl (C=O) groups excluding carboxylic acids is 1. The molecule has 0 spiro atoms. The summed E-state index contributed by atoms with van der Waals surface area (Å²) < 4.78 is 13.5. The first-order valence-corrected chi connectivity index (χ1v) is 5.20. The average molecular weight is 265 g/mol. The molecular weight excluding hydrogens is 259 g/mol. The lowest BCUT2D eigenvalue weighted by molar-refractivity contribution is 0.102. The van der Waals surface area contributed by atoms with E-state index in [9.17, 15) is 9.18 Å². The van der Waals surface area contributed by atoms with Crippen molar-refractivity contribution in [3.63, 3.8) is 0 Å². The molecule has 0 aliphatic rings. The summed E-state index contributed by atoms with van der Waals surface area (Å²) in [6.45, 7) is 0. The third-order valence-electron chi connectivity index (χ3n) is 2.19. The Morgan fingerprint density at radius 3 is 3.00 bits per heavy atom. The minimum absolute atomic E-state index is 0.00878. The van der Waals surface area contributed by atoms with E-state index >= 15 is 0 Å². The third kappa shape index (κ3) is 2.17. The number of carbonyl (C=O) groups is 1. The van der Waals surface area contributed by atoms with Crippen molar-refractivity contribution in [2.75, 3.05) is 5.32 Å². The minimum atomic E-state index is -0.751. The Hall–Kier alpha value is -2.39. The van der Waals surface area contributed by atoms with Crippen LogP contribution in [0.3, 0.4) is 0 Å². The SMILES string of the molecule is N#Cc1cn[nH]c1NC(=O)c1c(F)cccc1Cl. The molecule has 18 heavy (non-hydrogen) atoms. The number of halogens is 2. The normalized spacial score (nSPS) is 9.83. The fourth-order valence-electron chi connectivity index (χ4n) is 1.36. The highest BCUT2D eigenvalue weighted by molar-refractivity contribution is 6.34. The molecule has 2 aromatic rings. The molecule has 0 aliphatic heterocycles. The van der Waals surface area contributed by atoms with Gasteiger partial charge in [0.15, 0.2) is 0 Å². The van der Waals surface area contributed by atoms with Gasteiger partial charge in [-0.05, 0) is 12.1 Å². The van der Waals surface area contributed by atoms with Gasteiger partial charge in [0.25, 0.3) is 5.91 Å². The second-order valence-electron chi connectivity index (χ2n) is 3.32. The summed E-state index contributed by atoms with van der Waals surface area (Å²) in [6, 6.07) is 5.75. The number of benzene rings is 1. The average Bonchev–Trinajstić information content (AvgIpc) is 2.76. The number of aromatic nitrogens is 2. The van der Waals surface area contributed by atoms with Crippen LogP contribution in [0.1, 0.15) is 15.9 Å². The topological polar surface area (TPSA) is 81.6 Å². The van der Waals surface area contributed by atoms with Crippen molar-refractivity contribution in [2.24, 2.45) is 0 Å². The molecule has 1 aromatic carbocycles. The van der Waals surface area contributed by atoms with Crippen LogP contribution in [0, 0.1) is 17.1 Å². The zero-order chi connectivity index (χ0) is 13.1. The number of amides is 1. The molecule has 5 nitrogen and oxygen atoms in total. The van der Waals surface area contributed by atoms with Crippen LogP contribution in [0.2, 0.25) is 5.02 Å². The zero-order valence-corrected chi connectivity index (χ0v) is 9.62. The lowest BCUT2D eigenvalue weighted by Crippen LogP contribution is -2.15. The van der Waals surface area contributed by atoms with Gasteiger partial charge in [0.05, 0.1) is 16.8 Å². The number of H-pyrrole nitrogens is 1. The first kappa shape index (κ1) is 12.1. The van der Waals surface area contributed by atoms with Crippen LogP contribution in [0.15, 0.2) is 24.4 Å². The Bertz CT molecular complexity index is 626. The van der Waals surface area contributed by atoms with Gasteiger partial charge >= 0.3 is 0 Å². The predicted molar refractivity (Wildman–Crippen MR) is 62.7 cm³/mol. The number of hydrogen-bond donors (Lipinski definition) is 2. The summed E-state index contributed by atoms with van der Waals surface area (Å²) in [5.74, 6) is -1.39. The van der Waals surface area contributed by atoms with E-state index in [1.165, 1.54) is 18.3 Å². The maximum absolute atomic E-state index is 13.5. The van der Waals surface area contributed by atoms with Gasteiger partial charge in [-0.25, -0.2) is 4.39 Å². The van der Waals surface area contributed by atoms with Crippen LogP contribution < -0.4 is 5.32 Å². The number of nitriles is 1. The van der Waals surface area contributed by atoms with E-state index in [0.29, 0.717) is 0 Å². The Labute approximate surface area is 106 Å². The fourth-order valence-corrected chi connectivity index (χ4v) is 1.61. The van der Waals surface area contributed by atoms with E-state index in [1.54, 1.807) is 0 Å². The molecule has 0 atom stereocenters. The third-order valence-corrected chi connectivity index (χ3v) is 2.50. The monoisotopic (exact) mass is 264 g/mol. The molecule has 0 radical (unpaired) electrons. The number of anilines is 1. The first-order chi connectivity index (χ1) is 8.63. The van der Waals surface area contributed by atoms with Crippen molar-refractivity contribution in [2.45, 2.75) is 0 Å². The number of nitrogens with one attached hydrogen (secondary N) is 2. The van der Waals surface area contributed by atoms with Gasteiger partial charge in [-0.1, -0.05) is 17.7 Å². The highest BCUT2D eigenvalue weighted by Gasteiger charge is 2.17. The van der Waals surface area contributed by atoms with E-state index in [2.05, 4.69) is 15.5 Å². The van der Waals surface area contributed by atoms with E-state index in [0.717, 1.165) is 6.07 Å². The quantitative estimate of drug-likeness (QED) is 0.873. The zero-order valence-electron chi connectivity index (χ0n) is 8.87. The molecule has 0 saturated heterocycles. The van der Waals surface area contributed by atoms with Crippen molar-refractivity contribution in [3.8, 4) is 6.07 Å². The Kier molecular flexibility index (Phi) is 3.26. The molecule has 1 heterocycles. The van der Waals surface area contributed by atoms with E-state index < -0.39 is 11.7 Å². The molecule has 1 amide bonds. The van der Waals surface area contributed by atoms with Crippen LogP contribution in [-0.4, -0.2) is 16.1 Å². The Morgan fingerprint density at radius 2 is 2.33 bits per heavy atom. The molecule has 0 aliphatic carbocycles. The van der Waals surface area contributed by atoms with Gasteiger partial charge in [-0.3, -0.25) is 9.89 Å². The summed E-state index contributed by atoms with van der Waals surface area (Å²) in [5.41, 5.74) is -0.131. The number of nitrogens with zero attached hydrogens (tertiary/aromatic N) is 2. The molecular formula is C11H6ClFN4O. The van der Waals surface area contributed by atoms with Crippen molar-refractivity contribution in [1.29, 1.82) is 5.26 Å². The molecule has 0 unspecified atom stereocenters. The van der Waals surface area contributed by atoms with E-state index in [4.69, 9.17) is 16.9 Å². The van der Waals surface area contributed by atoms with Crippen molar-refractivity contribution < 1.29 is 9.18 Å². The summed E-state index contributed by atoms with van der Waals surface area (Å²) in [5, 5.41) is 17.1. The minimum Gasteiger partial charge on any atom is -0.306 e. The van der Waals surface area contributed by atoms with Gasteiger partial charge in [0.1, 0.15) is 23.3 Å². The second-order valence-corrected chi connectivity index (χ2v) is 3.73. The largest absolute Gasteiger partial charge is 0.306 e. The molecule has 0 fully saturated rings.